The number of carbonyl (C=O) groups excluding carboxylic acids is 1. The van der Waals surface area contributed by atoms with E-state index < -0.39 is 50.0 Å². The molecule has 2 aliphatic rings. The number of aromatic nitrogens is 1. The molecule has 1 N–H and O–H groups in total. The van der Waals surface area contributed by atoms with Gasteiger partial charge in [0.25, 0.3) is 0 Å². The van der Waals surface area contributed by atoms with Gasteiger partial charge in [-0.05, 0) is 25.5 Å². The number of fused-ring (bicyclic) bond motifs is 2. The van der Waals surface area contributed by atoms with Crippen LogP contribution in [-0.4, -0.2) is 33.8 Å². The fourth-order valence-electron chi connectivity index (χ4n) is 3.88. The molecule has 0 fully saturated rings. The number of allylic oxidation sites excluding steroid dienone is 2. The van der Waals surface area contributed by atoms with Crippen LogP contribution in [0.5, 0.6) is 5.75 Å². The summed E-state index contributed by atoms with van der Waals surface area (Å²) in [5.74, 6) is -12.2. The summed E-state index contributed by atoms with van der Waals surface area (Å²) in [6, 6.07) is 2.05. The number of halogens is 4. The fraction of sp³-hybridized carbons (Fsp3) is 0.238. The Morgan fingerprint density at radius 2 is 1.76 bits per heavy atom. The molecule has 12 heteroatoms. The van der Waals surface area contributed by atoms with E-state index >= 15 is 0 Å². The van der Waals surface area contributed by atoms with Gasteiger partial charge in [-0.1, -0.05) is 0 Å². The first kappa shape index (κ1) is 22.9. The minimum atomic E-state index is -5.60. The molecule has 0 atom stereocenters. The van der Waals surface area contributed by atoms with E-state index in [0.717, 1.165) is 28.4 Å². The van der Waals surface area contributed by atoms with Gasteiger partial charge in [0, 0.05) is 30.3 Å². The van der Waals surface area contributed by atoms with Crippen LogP contribution >= 0.6 is 0 Å². The largest absolute Gasteiger partial charge is 0.420 e. The molecule has 2 aliphatic heterocycles. The summed E-state index contributed by atoms with van der Waals surface area (Å²) in [6.07, 6.45) is 5.32. The Hall–Kier alpha value is -3.25. The van der Waals surface area contributed by atoms with E-state index in [0.29, 0.717) is 6.67 Å². The molecule has 7 nitrogen and oxygen atoms in total. The second-order valence-corrected chi connectivity index (χ2v) is 8.97. The molecule has 1 aromatic carbocycles. The Labute approximate surface area is 185 Å². The van der Waals surface area contributed by atoms with Crippen molar-refractivity contribution in [2.24, 2.45) is 0 Å². The number of aryl methyl sites for hydroxylation is 2. The van der Waals surface area contributed by atoms with Gasteiger partial charge in [0.15, 0.2) is 22.2 Å². The van der Waals surface area contributed by atoms with Crippen molar-refractivity contribution in [3.8, 4) is 5.75 Å². The average molecular weight is 485 g/mol. The predicted molar refractivity (Wildman–Crippen MR) is 107 cm³/mol. The molecular weight excluding hydrogens is 468 g/mol. The lowest BCUT2D eigenvalue weighted by Crippen LogP contribution is -2.24. The summed E-state index contributed by atoms with van der Waals surface area (Å²) in [6.45, 7) is 4.46. The quantitative estimate of drug-likeness (QED) is 0.175. The number of rotatable bonds is 5. The Morgan fingerprint density at radius 3 is 2.36 bits per heavy atom. The molecule has 0 amide bonds. The van der Waals surface area contributed by atoms with E-state index in [1.807, 2.05) is 36.6 Å². The third kappa shape index (κ3) is 3.89. The molecule has 3 heterocycles. The summed E-state index contributed by atoms with van der Waals surface area (Å²) in [5.41, 5.74) is 4.84. The van der Waals surface area contributed by atoms with Gasteiger partial charge in [-0.2, -0.15) is 21.8 Å². The van der Waals surface area contributed by atoms with Crippen molar-refractivity contribution in [2.45, 2.75) is 38.3 Å². The summed E-state index contributed by atoms with van der Waals surface area (Å²) < 4.78 is 95.1. The van der Waals surface area contributed by atoms with E-state index in [9.17, 15) is 30.8 Å². The molecule has 0 spiro atoms. The van der Waals surface area contributed by atoms with Crippen molar-refractivity contribution in [1.29, 1.82) is 0 Å². The predicted octanol–water partition coefficient (Wildman–Crippen LogP) is 3.63. The Bertz CT molecular complexity index is 1390. The molecule has 0 aliphatic carbocycles. The van der Waals surface area contributed by atoms with Gasteiger partial charge in [0.2, 0.25) is 29.7 Å². The number of nitrogens with zero attached hydrogens (tertiary/aromatic N) is 2. The lowest BCUT2D eigenvalue weighted by Gasteiger charge is -2.14. The van der Waals surface area contributed by atoms with Crippen LogP contribution in [0.2, 0.25) is 0 Å². The molecule has 1 aromatic heterocycles. The van der Waals surface area contributed by atoms with Gasteiger partial charge >= 0.3 is 16.1 Å². The maximum Gasteiger partial charge on any atom is 0.311 e. The zero-order chi connectivity index (χ0) is 24.2. The molecule has 33 heavy (non-hydrogen) atoms. The highest BCUT2D eigenvalue weighted by Crippen LogP contribution is 2.33. The van der Waals surface area contributed by atoms with E-state index in [4.69, 9.17) is 4.55 Å². The number of hydrogen-bond donors (Lipinski definition) is 1. The van der Waals surface area contributed by atoms with Crippen molar-refractivity contribution < 1.29 is 44.6 Å². The van der Waals surface area contributed by atoms with Crippen LogP contribution in [0.25, 0.3) is 6.08 Å². The topological polar surface area (TPSA) is 88.6 Å². The first-order valence-corrected chi connectivity index (χ1v) is 11.1. The molecule has 4 rings (SSSR count). The van der Waals surface area contributed by atoms with Crippen molar-refractivity contribution in [3.05, 3.63) is 64.1 Å². The van der Waals surface area contributed by atoms with E-state index in [1.165, 1.54) is 0 Å². The van der Waals surface area contributed by atoms with E-state index in [1.54, 1.807) is 6.08 Å². The Balaban J connectivity index is 1.53. The smallest absolute Gasteiger partial charge is 0.311 e. The molecule has 2 aromatic rings. The van der Waals surface area contributed by atoms with Gasteiger partial charge < -0.3 is 4.74 Å². The van der Waals surface area contributed by atoms with Crippen LogP contribution in [0.15, 0.2) is 28.8 Å². The third-order valence-corrected chi connectivity index (χ3v) is 6.33. The molecule has 174 valence electrons. The standard InChI is InChI=1S/C21H16F4N2O5S/c1-10-7-11(2)26-9-27-12(3-4-13(27)8-14(10)26)5-6-15(28)32-20-16(22)18(24)21(33(29,30)31)19(25)17(20)23/h3-4,7-8H,5-6,9H2,1-2H3/p+1. The third-order valence-electron chi connectivity index (χ3n) is 5.46. The molecule has 0 radical (unpaired) electrons. The van der Waals surface area contributed by atoms with Gasteiger partial charge in [-0.15, -0.1) is 0 Å². The first-order chi connectivity index (χ1) is 15.4. The van der Waals surface area contributed by atoms with Gasteiger partial charge in [0.1, 0.15) is 0 Å². The summed E-state index contributed by atoms with van der Waals surface area (Å²) in [4.78, 5) is 9.94. The molecule has 0 saturated heterocycles. The Kier molecular flexibility index (Phi) is 5.53. The van der Waals surface area contributed by atoms with E-state index in [2.05, 4.69) is 9.30 Å². The molecule has 0 bridgehead atoms. The zero-order valence-electron chi connectivity index (χ0n) is 17.3. The van der Waals surface area contributed by atoms with Crippen molar-refractivity contribution in [2.75, 3.05) is 0 Å². The maximum absolute atomic E-state index is 14.1. The summed E-state index contributed by atoms with van der Waals surface area (Å²) >= 11 is 0. The number of hydrogen-bond acceptors (Lipinski definition) is 4. The van der Waals surface area contributed by atoms with Crippen LogP contribution < -0.4 is 4.74 Å². The summed E-state index contributed by atoms with van der Waals surface area (Å²) in [5, 5.41) is 0. The molecular formula is C21H17F4N2O5S+. The lowest BCUT2D eigenvalue weighted by molar-refractivity contribution is -0.505. The minimum absolute atomic E-state index is 0.0958. The highest BCUT2D eigenvalue weighted by atomic mass is 32.2. The fourth-order valence-corrected chi connectivity index (χ4v) is 4.51. The van der Waals surface area contributed by atoms with Gasteiger partial charge in [-0.25, -0.2) is 8.78 Å². The van der Waals surface area contributed by atoms with Crippen molar-refractivity contribution in [3.63, 3.8) is 0 Å². The van der Waals surface area contributed by atoms with Crippen LogP contribution in [0, 0.1) is 37.1 Å². The average Bonchev–Trinajstić information content (AvgIpc) is 3.26. The number of esters is 1. The molecule has 0 saturated carbocycles. The SMILES string of the molecule is Cc1cc(C)n2c1C=C1C=CC(CCC(=O)Oc3c(F)c(F)c(S(=O)(=O)O)c(F)c3F)=[N+]1C2. The second-order valence-electron chi connectivity index (χ2n) is 7.61. The van der Waals surface area contributed by atoms with Gasteiger partial charge in [0.05, 0.1) is 12.1 Å². The monoisotopic (exact) mass is 485 g/mol. The Morgan fingerprint density at radius 1 is 1.12 bits per heavy atom. The number of ether oxygens (including phenoxy) is 1. The van der Waals surface area contributed by atoms with E-state index in [-0.39, 0.29) is 12.8 Å². The van der Waals surface area contributed by atoms with Crippen LogP contribution in [0.1, 0.15) is 29.8 Å². The van der Waals surface area contributed by atoms with Crippen LogP contribution in [0.3, 0.4) is 0 Å². The van der Waals surface area contributed by atoms with Crippen LogP contribution in [0.4, 0.5) is 17.6 Å². The highest BCUT2D eigenvalue weighted by Gasteiger charge is 2.34. The first-order valence-electron chi connectivity index (χ1n) is 9.64. The summed E-state index contributed by atoms with van der Waals surface area (Å²) in [7, 11) is -5.60. The minimum Gasteiger partial charge on any atom is -0.420 e. The normalized spacial score (nSPS) is 14.9. The molecule has 0 unspecified atom stereocenters. The van der Waals surface area contributed by atoms with Crippen molar-refractivity contribution >= 4 is 27.9 Å². The highest BCUT2D eigenvalue weighted by molar-refractivity contribution is 7.85. The maximum atomic E-state index is 14.1. The zero-order valence-corrected chi connectivity index (χ0v) is 18.1. The van der Waals surface area contributed by atoms with Gasteiger partial charge in [-0.3, -0.25) is 13.9 Å². The number of carbonyl (C=O) groups is 1. The lowest BCUT2D eigenvalue weighted by atomic mass is 10.2. The van der Waals surface area contributed by atoms with Crippen LogP contribution in [-0.2, 0) is 21.6 Å². The second kappa shape index (κ2) is 7.96. The van der Waals surface area contributed by atoms with Crippen molar-refractivity contribution in [1.82, 2.24) is 4.57 Å². The number of benzene rings is 1.